The van der Waals surface area contributed by atoms with Gasteiger partial charge in [0.25, 0.3) is 5.91 Å². The highest BCUT2D eigenvalue weighted by Gasteiger charge is 2.31. The van der Waals surface area contributed by atoms with Crippen molar-refractivity contribution in [2.24, 2.45) is 0 Å². The number of hydrogen-bond donors (Lipinski definition) is 1. The predicted molar refractivity (Wildman–Crippen MR) is 151 cm³/mol. The molecule has 2 aliphatic rings. The van der Waals surface area contributed by atoms with Crippen molar-refractivity contribution in [2.45, 2.75) is 77.4 Å². The van der Waals surface area contributed by atoms with Crippen LogP contribution in [0.3, 0.4) is 0 Å². The Hall–Kier alpha value is -3.67. The summed E-state index contributed by atoms with van der Waals surface area (Å²) in [5.74, 6) is -0.168. The van der Waals surface area contributed by atoms with Crippen LogP contribution in [0.2, 0.25) is 0 Å². The van der Waals surface area contributed by atoms with Gasteiger partial charge in [-0.25, -0.2) is 0 Å². The van der Waals surface area contributed by atoms with Crippen molar-refractivity contribution < 1.29 is 14.4 Å². The summed E-state index contributed by atoms with van der Waals surface area (Å²) in [6, 6.07) is 19.4. The van der Waals surface area contributed by atoms with Crippen LogP contribution in [-0.4, -0.2) is 41.2 Å². The van der Waals surface area contributed by atoms with E-state index >= 15 is 0 Å². The first kappa shape index (κ1) is 26.0. The predicted octanol–water partition coefficient (Wildman–Crippen LogP) is 5.75. The monoisotopic (exact) mass is 511 g/mol. The molecule has 1 aliphatic carbocycles. The maximum Gasteiger partial charge on any atom is 0.258 e. The number of nitrogens with zero attached hydrogens (tertiary/aromatic N) is 2. The molecule has 1 N–H and O–H groups in total. The zero-order chi connectivity index (χ0) is 26.6. The van der Waals surface area contributed by atoms with E-state index < -0.39 is 6.04 Å². The molecule has 38 heavy (non-hydrogen) atoms. The van der Waals surface area contributed by atoms with Crippen LogP contribution in [-0.2, 0) is 16.1 Å². The minimum Gasteiger partial charge on any atom is -0.352 e. The summed E-state index contributed by atoms with van der Waals surface area (Å²) in [5, 5.41) is 5.23. The molecule has 3 aromatic carbocycles. The van der Waals surface area contributed by atoms with Gasteiger partial charge in [0.15, 0.2) is 0 Å². The number of nitrogens with one attached hydrogen (secondary N) is 1. The molecule has 5 rings (SSSR count). The molecule has 198 valence electrons. The third kappa shape index (κ3) is 5.31. The molecule has 1 atom stereocenters. The zero-order valence-corrected chi connectivity index (χ0v) is 22.4. The van der Waals surface area contributed by atoms with Crippen molar-refractivity contribution in [3.63, 3.8) is 0 Å². The van der Waals surface area contributed by atoms with Gasteiger partial charge in [-0.3, -0.25) is 14.4 Å². The van der Waals surface area contributed by atoms with Crippen molar-refractivity contribution in [3.8, 4) is 0 Å². The molecule has 1 heterocycles. The molecule has 0 bridgehead atoms. The van der Waals surface area contributed by atoms with Crippen LogP contribution in [0.15, 0.2) is 60.7 Å². The Morgan fingerprint density at radius 1 is 1.00 bits per heavy atom. The molecule has 3 aromatic rings. The number of hydrogen-bond acceptors (Lipinski definition) is 3. The van der Waals surface area contributed by atoms with E-state index in [1.807, 2.05) is 74.5 Å². The van der Waals surface area contributed by atoms with Gasteiger partial charge in [0.1, 0.15) is 6.04 Å². The van der Waals surface area contributed by atoms with E-state index in [4.69, 9.17) is 0 Å². The van der Waals surface area contributed by atoms with Crippen molar-refractivity contribution in [3.05, 3.63) is 77.4 Å². The average molecular weight is 512 g/mol. The van der Waals surface area contributed by atoms with Gasteiger partial charge in [-0.1, -0.05) is 67.8 Å². The van der Waals surface area contributed by atoms with E-state index in [2.05, 4.69) is 5.32 Å². The van der Waals surface area contributed by atoms with E-state index in [9.17, 15) is 14.4 Å². The number of carbonyl (C=O) groups is 3. The number of anilines is 1. The molecule has 6 heteroatoms. The zero-order valence-electron chi connectivity index (χ0n) is 22.4. The second-order valence-corrected chi connectivity index (χ2v) is 10.7. The van der Waals surface area contributed by atoms with Gasteiger partial charge in [0.2, 0.25) is 11.8 Å². The lowest BCUT2D eigenvalue weighted by Gasteiger charge is -2.32. The first-order valence-corrected chi connectivity index (χ1v) is 13.9. The third-order valence-electron chi connectivity index (χ3n) is 8.14. The van der Waals surface area contributed by atoms with Crippen LogP contribution in [0.1, 0.15) is 73.4 Å². The Morgan fingerprint density at radius 2 is 1.74 bits per heavy atom. The van der Waals surface area contributed by atoms with Gasteiger partial charge >= 0.3 is 0 Å². The normalized spacial score (nSPS) is 16.1. The summed E-state index contributed by atoms with van der Waals surface area (Å²) in [4.78, 5) is 43.5. The maximum atomic E-state index is 13.6. The molecule has 0 unspecified atom stereocenters. The van der Waals surface area contributed by atoms with Gasteiger partial charge < -0.3 is 15.1 Å². The molecule has 0 spiro atoms. The fraction of sp³-hybridized carbons (Fsp3) is 0.406. The fourth-order valence-corrected chi connectivity index (χ4v) is 5.86. The van der Waals surface area contributed by atoms with Crippen LogP contribution in [0, 0.1) is 6.92 Å². The summed E-state index contributed by atoms with van der Waals surface area (Å²) in [6.07, 6.45) is 6.29. The van der Waals surface area contributed by atoms with E-state index in [-0.39, 0.29) is 30.2 Å². The molecule has 0 radical (unpaired) electrons. The Bertz CT molecular complexity index is 1340. The fourth-order valence-electron chi connectivity index (χ4n) is 5.86. The summed E-state index contributed by atoms with van der Waals surface area (Å²) in [5.41, 5.74) is 3.76. The van der Waals surface area contributed by atoms with Gasteiger partial charge in [0, 0.05) is 36.5 Å². The largest absolute Gasteiger partial charge is 0.352 e. The smallest absolute Gasteiger partial charge is 0.258 e. The highest BCUT2D eigenvalue weighted by molar-refractivity contribution is 6.25. The molecule has 1 saturated carbocycles. The van der Waals surface area contributed by atoms with Gasteiger partial charge in [-0.2, -0.15) is 0 Å². The number of amides is 3. The second kappa shape index (κ2) is 11.4. The summed E-state index contributed by atoms with van der Waals surface area (Å²) in [7, 11) is 0. The van der Waals surface area contributed by atoms with Crippen molar-refractivity contribution in [1.82, 2.24) is 10.2 Å². The molecule has 3 amide bonds. The highest BCUT2D eigenvalue weighted by Crippen LogP contribution is 2.37. The molecular weight excluding hydrogens is 474 g/mol. The summed E-state index contributed by atoms with van der Waals surface area (Å²) < 4.78 is 0. The van der Waals surface area contributed by atoms with Crippen molar-refractivity contribution in [2.75, 3.05) is 11.4 Å². The molecule has 0 saturated heterocycles. The van der Waals surface area contributed by atoms with Gasteiger partial charge in [-0.15, -0.1) is 0 Å². The quantitative estimate of drug-likeness (QED) is 0.397. The minimum atomic E-state index is -0.574. The van der Waals surface area contributed by atoms with Crippen LogP contribution < -0.4 is 10.2 Å². The summed E-state index contributed by atoms with van der Waals surface area (Å²) in [6.45, 7) is 4.70. The molecule has 1 aliphatic heterocycles. The van der Waals surface area contributed by atoms with Crippen LogP contribution in [0.25, 0.3) is 10.8 Å². The number of carbonyl (C=O) groups excluding carboxylic acids is 3. The lowest BCUT2D eigenvalue weighted by atomic mass is 9.95. The molecule has 6 nitrogen and oxygen atoms in total. The lowest BCUT2D eigenvalue weighted by molar-refractivity contribution is -0.141. The van der Waals surface area contributed by atoms with Crippen LogP contribution in [0.4, 0.5) is 5.69 Å². The van der Waals surface area contributed by atoms with Gasteiger partial charge in [-0.05, 0) is 61.8 Å². The molecule has 1 fully saturated rings. The number of benzene rings is 3. The Balaban J connectivity index is 1.27. The van der Waals surface area contributed by atoms with E-state index in [1.165, 1.54) is 6.42 Å². The van der Waals surface area contributed by atoms with E-state index in [0.717, 1.165) is 58.8 Å². The van der Waals surface area contributed by atoms with Crippen molar-refractivity contribution in [1.29, 1.82) is 0 Å². The van der Waals surface area contributed by atoms with Crippen molar-refractivity contribution >= 4 is 34.2 Å². The molecular formula is C32H37N3O3. The second-order valence-electron chi connectivity index (χ2n) is 10.7. The Labute approximate surface area is 225 Å². The van der Waals surface area contributed by atoms with E-state index in [1.54, 1.807) is 9.80 Å². The number of rotatable bonds is 9. The molecule has 0 aromatic heterocycles. The topological polar surface area (TPSA) is 69.7 Å². The SMILES string of the molecule is Cc1ccccc1CN(C(=O)CCCN1C(=O)c2cccc3cccc1c23)[C@@H](C)C(=O)NC1CCCCC1. The number of aryl methyl sites for hydroxylation is 1. The third-order valence-corrected chi connectivity index (χ3v) is 8.14. The van der Waals surface area contributed by atoms with E-state index in [0.29, 0.717) is 19.5 Å². The summed E-state index contributed by atoms with van der Waals surface area (Å²) >= 11 is 0. The van der Waals surface area contributed by atoms with Crippen LogP contribution in [0.5, 0.6) is 0 Å². The Morgan fingerprint density at radius 3 is 2.50 bits per heavy atom. The lowest BCUT2D eigenvalue weighted by Crippen LogP contribution is -2.50. The first-order chi connectivity index (χ1) is 18.4. The van der Waals surface area contributed by atoms with Gasteiger partial charge in [0.05, 0.1) is 5.69 Å². The maximum absolute atomic E-state index is 13.6. The average Bonchev–Trinajstić information content (AvgIpc) is 3.21. The first-order valence-electron chi connectivity index (χ1n) is 13.9. The standard InChI is InChI=1S/C32H37N3O3/c1-22-11-6-7-12-25(22)21-35(23(2)31(37)33-26-15-4-3-5-16-26)29(36)19-10-20-34-28-18-9-14-24-13-8-17-27(30(24)28)32(34)38/h6-9,11-14,17-18,23,26H,3-5,10,15-16,19-21H2,1-2H3,(H,33,37)/t23-/m0/s1. The minimum absolute atomic E-state index is 0.0127. The van der Waals surface area contributed by atoms with Crippen LogP contribution >= 0.6 is 0 Å². The highest BCUT2D eigenvalue weighted by atomic mass is 16.2. The Kier molecular flexibility index (Phi) is 7.77.